The molecule has 15 heavy (non-hydrogen) atoms. The number of halogens is 12. The molecule has 0 radical (unpaired) electrons. The van der Waals surface area contributed by atoms with Gasteiger partial charge in [0.2, 0.25) is 0 Å². The quantitative estimate of drug-likeness (QED) is 0.258. The standard InChI is InChI=1S/2F6P.Ni/c2*1-7(2,3,4,5)6;/q2*-1;+2. The molecule has 0 aromatic rings. The van der Waals surface area contributed by atoms with E-state index in [-0.39, 0.29) is 16.5 Å². The predicted octanol–water partition coefficient (Wildman–Crippen LogP) is 6.76. The molecule has 15 heteroatoms. The maximum atomic E-state index is 9.87. The Balaban J connectivity index is -0.000000180. The van der Waals surface area contributed by atoms with Gasteiger partial charge in [-0.25, -0.2) is 0 Å². The zero-order valence-electron chi connectivity index (χ0n) is 5.75. The molecule has 0 unspecified atom stereocenters. The summed E-state index contributed by atoms with van der Waals surface area (Å²) in [7, 11) is -21.3. The minimum Gasteiger partial charge on any atom is 2.00 e. The van der Waals surface area contributed by atoms with Gasteiger partial charge in [0.25, 0.3) is 0 Å². The van der Waals surface area contributed by atoms with Gasteiger partial charge in [0.05, 0.1) is 0 Å². The van der Waals surface area contributed by atoms with Crippen LogP contribution < -0.4 is 0 Å². The monoisotopic (exact) mass is 348 g/mol. The van der Waals surface area contributed by atoms with Gasteiger partial charge in [0, 0.05) is 0 Å². The molecule has 0 spiro atoms. The fourth-order valence-electron chi connectivity index (χ4n) is 0. The molecule has 0 heterocycles. The fourth-order valence-corrected chi connectivity index (χ4v) is 0. The van der Waals surface area contributed by atoms with Crippen LogP contribution in [0.2, 0.25) is 0 Å². The summed E-state index contributed by atoms with van der Waals surface area (Å²) in [6.07, 6.45) is 0. The van der Waals surface area contributed by atoms with E-state index in [9.17, 15) is 50.4 Å². The summed E-state index contributed by atoms with van der Waals surface area (Å²) in [5.74, 6) is 0. The summed E-state index contributed by atoms with van der Waals surface area (Å²) >= 11 is 0. The van der Waals surface area contributed by atoms with Crippen LogP contribution in [0.1, 0.15) is 0 Å². The van der Waals surface area contributed by atoms with Crippen LogP contribution in [0.5, 0.6) is 0 Å². The molecule has 0 nitrogen and oxygen atoms in total. The molecular weight excluding hydrogens is 349 g/mol. The van der Waals surface area contributed by atoms with Gasteiger partial charge in [0.15, 0.2) is 0 Å². The molecule has 0 rings (SSSR count). The van der Waals surface area contributed by atoms with E-state index in [4.69, 9.17) is 0 Å². The van der Waals surface area contributed by atoms with Gasteiger partial charge in [-0.15, -0.1) is 0 Å². The van der Waals surface area contributed by atoms with Crippen LogP contribution in [-0.4, -0.2) is 0 Å². The van der Waals surface area contributed by atoms with E-state index in [1.165, 1.54) is 0 Å². The maximum Gasteiger partial charge on any atom is 2.00 e. The van der Waals surface area contributed by atoms with Crippen molar-refractivity contribution in [1.82, 2.24) is 0 Å². The molecule has 0 aliphatic heterocycles. The Morgan fingerprint density at radius 2 is 0.333 bits per heavy atom. The van der Waals surface area contributed by atoms with Crippen LogP contribution >= 0.6 is 15.6 Å². The number of rotatable bonds is 0. The van der Waals surface area contributed by atoms with Crippen molar-refractivity contribution >= 4 is 15.6 Å². The summed E-state index contributed by atoms with van der Waals surface area (Å²) in [5.41, 5.74) is 0. The van der Waals surface area contributed by atoms with Crippen LogP contribution in [0.25, 0.3) is 0 Å². The zero-order valence-corrected chi connectivity index (χ0v) is 8.52. The van der Waals surface area contributed by atoms with Crippen molar-refractivity contribution in [1.29, 1.82) is 0 Å². The Morgan fingerprint density at radius 1 is 0.333 bits per heavy atom. The second kappa shape index (κ2) is 2.85. The largest absolute Gasteiger partial charge is 2.00 e. The summed E-state index contributed by atoms with van der Waals surface area (Å²) in [6, 6.07) is 0. The van der Waals surface area contributed by atoms with E-state index < -0.39 is 15.6 Å². The second-order valence-corrected chi connectivity index (χ2v) is 5.75. The number of hydrogen-bond acceptors (Lipinski definition) is 0. The van der Waals surface area contributed by atoms with E-state index in [1.807, 2.05) is 0 Å². The van der Waals surface area contributed by atoms with Crippen molar-refractivity contribution in [2.45, 2.75) is 0 Å². The average Bonchev–Trinajstić information content (AvgIpc) is 0.938. The van der Waals surface area contributed by atoms with Gasteiger partial charge in [-0.05, 0) is 0 Å². The van der Waals surface area contributed by atoms with Crippen LogP contribution in [-0.2, 0) is 16.5 Å². The zero-order chi connectivity index (χ0) is 12.8. The van der Waals surface area contributed by atoms with Gasteiger partial charge in [-0.3, -0.25) is 0 Å². The Hall–Kier alpha value is 0.514. The minimum absolute atomic E-state index is 0. The molecule has 0 saturated carbocycles. The van der Waals surface area contributed by atoms with Gasteiger partial charge >= 0.3 is 82.5 Å². The molecule has 0 aromatic carbocycles. The molecule has 0 fully saturated rings. The van der Waals surface area contributed by atoms with E-state index >= 15 is 0 Å². The van der Waals surface area contributed by atoms with E-state index in [0.29, 0.717) is 0 Å². The Labute approximate surface area is 83.4 Å². The Bertz CT molecular complexity index is 161. The van der Waals surface area contributed by atoms with Crippen molar-refractivity contribution < 1.29 is 66.9 Å². The topological polar surface area (TPSA) is 0 Å². The first-order valence-corrected chi connectivity index (χ1v) is 6.09. The molecule has 0 atom stereocenters. The second-order valence-electron chi connectivity index (χ2n) is 1.92. The average molecular weight is 349 g/mol. The van der Waals surface area contributed by atoms with Crippen molar-refractivity contribution in [3.05, 3.63) is 0 Å². The number of hydrogen-bond donors (Lipinski definition) is 0. The molecule has 0 aromatic heterocycles. The third kappa shape index (κ3) is 8620. The normalized spacial score (nSPS) is 21.6. The van der Waals surface area contributed by atoms with Crippen LogP contribution in [0.3, 0.4) is 0 Å². The smallest absolute Gasteiger partial charge is 2.00 e. The first kappa shape index (κ1) is 20.9. The Morgan fingerprint density at radius 3 is 0.333 bits per heavy atom. The molecule has 0 saturated heterocycles. The summed E-state index contributed by atoms with van der Waals surface area (Å²) in [5, 5.41) is 0. The first-order valence-electron chi connectivity index (χ1n) is 2.03. The van der Waals surface area contributed by atoms with Gasteiger partial charge < -0.3 is 0 Å². The molecule has 0 N–H and O–H groups in total. The molecule has 104 valence electrons. The summed E-state index contributed by atoms with van der Waals surface area (Å²) in [6.45, 7) is 0. The van der Waals surface area contributed by atoms with E-state index in [2.05, 4.69) is 0 Å². The van der Waals surface area contributed by atoms with Crippen LogP contribution in [0, 0.1) is 0 Å². The van der Waals surface area contributed by atoms with Crippen molar-refractivity contribution in [3.63, 3.8) is 0 Å². The summed E-state index contributed by atoms with van der Waals surface area (Å²) in [4.78, 5) is 0. The van der Waals surface area contributed by atoms with Gasteiger partial charge in [-0.2, -0.15) is 0 Å². The SMILES string of the molecule is F[P-](F)(F)(F)(F)F.F[P-](F)(F)(F)(F)F.[Ni+2]. The van der Waals surface area contributed by atoms with Crippen molar-refractivity contribution in [2.75, 3.05) is 0 Å². The molecule has 0 bridgehead atoms. The molecule has 0 amide bonds. The minimum atomic E-state index is -10.7. The molecule has 0 aliphatic carbocycles. The third-order valence-corrected chi connectivity index (χ3v) is 0. The Kier molecular flexibility index (Phi) is 3.96. The summed E-state index contributed by atoms with van der Waals surface area (Å²) < 4.78 is 118. The maximum absolute atomic E-state index is 10.7. The van der Waals surface area contributed by atoms with Crippen LogP contribution in [0.4, 0.5) is 50.4 Å². The van der Waals surface area contributed by atoms with E-state index in [0.717, 1.165) is 0 Å². The molecule has 0 aliphatic rings. The van der Waals surface area contributed by atoms with E-state index in [1.54, 1.807) is 0 Å². The first-order chi connectivity index (χ1) is 4.90. The van der Waals surface area contributed by atoms with Crippen molar-refractivity contribution in [3.8, 4) is 0 Å². The fraction of sp³-hybridized carbons (Fsp3) is 0. The van der Waals surface area contributed by atoms with Gasteiger partial charge in [-0.1, -0.05) is 0 Å². The third-order valence-electron chi connectivity index (χ3n) is 0. The van der Waals surface area contributed by atoms with Gasteiger partial charge in [0.1, 0.15) is 0 Å². The molecular formula is F12NiP2. The van der Waals surface area contributed by atoms with Crippen molar-refractivity contribution in [2.24, 2.45) is 0 Å². The van der Waals surface area contributed by atoms with Crippen LogP contribution in [0.15, 0.2) is 0 Å². The predicted molar refractivity (Wildman–Crippen MR) is 27.1 cm³/mol.